The Morgan fingerprint density at radius 1 is 1.11 bits per heavy atom. The molecule has 0 unspecified atom stereocenters. The van der Waals surface area contributed by atoms with Crippen molar-refractivity contribution >= 4 is 39.7 Å². The van der Waals surface area contributed by atoms with Gasteiger partial charge in [-0.25, -0.2) is 0 Å². The number of rotatable bonds is 9. The highest BCUT2D eigenvalue weighted by atomic mass is 32.2. The molecular formula is C19H19N3O3S2. The Hall–Kier alpha value is -2.58. The van der Waals surface area contributed by atoms with Crippen LogP contribution in [0.1, 0.15) is 17.3 Å². The molecule has 0 saturated carbocycles. The zero-order valence-electron chi connectivity index (χ0n) is 15.0. The monoisotopic (exact) mass is 401 g/mol. The maximum absolute atomic E-state index is 12.4. The van der Waals surface area contributed by atoms with Crippen LogP contribution in [-0.4, -0.2) is 35.5 Å². The van der Waals surface area contributed by atoms with E-state index in [9.17, 15) is 4.79 Å². The number of hydrogen-bond acceptors (Lipinski definition) is 8. The first kappa shape index (κ1) is 19.2. The van der Waals surface area contributed by atoms with E-state index in [1.165, 1.54) is 23.1 Å². The Morgan fingerprint density at radius 2 is 1.85 bits per heavy atom. The van der Waals surface area contributed by atoms with Crippen LogP contribution in [0.4, 0.5) is 10.8 Å². The number of ether oxygens (including phenoxy) is 2. The zero-order valence-corrected chi connectivity index (χ0v) is 16.6. The highest BCUT2D eigenvalue weighted by Gasteiger charge is 2.14. The van der Waals surface area contributed by atoms with Crippen LogP contribution in [0.25, 0.3) is 0 Å². The molecule has 1 aromatic heterocycles. The molecule has 1 heterocycles. The van der Waals surface area contributed by atoms with Gasteiger partial charge in [-0.1, -0.05) is 47.4 Å². The van der Waals surface area contributed by atoms with E-state index in [-0.39, 0.29) is 11.5 Å². The van der Waals surface area contributed by atoms with E-state index in [1.54, 1.807) is 19.2 Å². The molecule has 3 rings (SSSR count). The van der Waals surface area contributed by atoms with Crippen LogP contribution in [0.15, 0.2) is 52.9 Å². The molecular weight excluding hydrogens is 382 g/mol. The predicted molar refractivity (Wildman–Crippen MR) is 109 cm³/mol. The van der Waals surface area contributed by atoms with Crippen LogP contribution in [0, 0.1) is 0 Å². The highest BCUT2D eigenvalue weighted by Crippen LogP contribution is 2.32. The average molecular weight is 402 g/mol. The van der Waals surface area contributed by atoms with Crippen LogP contribution in [0.3, 0.4) is 0 Å². The van der Waals surface area contributed by atoms with Crippen molar-refractivity contribution in [1.29, 1.82) is 0 Å². The number of aromatic nitrogens is 2. The van der Waals surface area contributed by atoms with E-state index < -0.39 is 0 Å². The first-order chi connectivity index (χ1) is 13.2. The Labute approximate surface area is 165 Å². The minimum Gasteiger partial charge on any atom is -0.496 e. The van der Waals surface area contributed by atoms with Gasteiger partial charge in [0.1, 0.15) is 11.5 Å². The number of carbonyl (C=O) groups is 1. The van der Waals surface area contributed by atoms with Crippen molar-refractivity contribution in [2.45, 2.75) is 11.3 Å². The summed E-state index contributed by atoms with van der Waals surface area (Å²) >= 11 is 2.75. The number of nitrogens with zero attached hydrogens (tertiary/aromatic N) is 2. The molecule has 6 nitrogen and oxygen atoms in total. The third kappa shape index (κ3) is 4.99. The number of ketones is 1. The summed E-state index contributed by atoms with van der Waals surface area (Å²) in [4.78, 5) is 12.4. The van der Waals surface area contributed by atoms with E-state index in [2.05, 4.69) is 15.5 Å². The molecule has 0 spiro atoms. The van der Waals surface area contributed by atoms with Gasteiger partial charge in [0.2, 0.25) is 5.13 Å². The van der Waals surface area contributed by atoms with Crippen molar-refractivity contribution in [3.05, 3.63) is 54.1 Å². The number of hydrogen-bond donors (Lipinski definition) is 1. The van der Waals surface area contributed by atoms with Gasteiger partial charge in [0.25, 0.3) is 0 Å². The Bertz CT molecular complexity index is 914. The van der Waals surface area contributed by atoms with E-state index >= 15 is 0 Å². The lowest BCUT2D eigenvalue weighted by atomic mass is 10.1. The molecule has 0 bridgehead atoms. The Balaban J connectivity index is 1.62. The number of thioether (sulfide) groups is 1. The molecule has 8 heteroatoms. The largest absolute Gasteiger partial charge is 0.496 e. The normalized spacial score (nSPS) is 10.4. The summed E-state index contributed by atoms with van der Waals surface area (Å²) in [7, 11) is 1.56. The molecule has 0 aliphatic heterocycles. The van der Waals surface area contributed by atoms with Crippen molar-refractivity contribution in [3.63, 3.8) is 0 Å². The third-order valence-corrected chi connectivity index (χ3v) is 5.54. The molecule has 0 saturated heterocycles. The summed E-state index contributed by atoms with van der Waals surface area (Å²) in [5, 5.41) is 12.1. The molecule has 1 N–H and O–H groups in total. The third-order valence-electron chi connectivity index (χ3n) is 3.57. The fourth-order valence-corrected chi connectivity index (χ4v) is 4.01. The number of nitrogens with one attached hydrogen (secondary N) is 1. The van der Waals surface area contributed by atoms with Crippen molar-refractivity contribution in [2.75, 3.05) is 24.8 Å². The van der Waals surface area contributed by atoms with Crippen LogP contribution in [-0.2, 0) is 0 Å². The average Bonchev–Trinajstić information content (AvgIpc) is 3.15. The summed E-state index contributed by atoms with van der Waals surface area (Å²) in [5.74, 6) is 1.60. The SMILES string of the molecule is CCOc1ccccc1Nc1nnc(SCC(=O)c2ccccc2OC)s1. The van der Waals surface area contributed by atoms with Crippen LogP contribution >= 0.6 is 23.1 Å². The van der Waals surface area contributed by atoms with Gasteiger partial charge in [-0.05, 0) is 31.2 Å². The highest BCUT2D eigenvalue weighted by molar-refractivity contribution is 8.01. The molecule has 0 atom stereocenters. The molecule has 0 fully saturated rings. The predicted octanol–water partition coefficient (Wildman–Crippen LogP) is 4.66. The van der Waals surface area contributed by atoms with Gasteiger partial charge in [-0.2, -0.15) is 0 Å². The zero-order chi connectivity index (χ0) is 19.1. The second-order valence-electron chi connectivity index (χ2n) is 5.34. The smallest absolute Gasteiger partial charge is 0.210 e. The van der Waals surface area contributed by atoms with Gasteiger partial charge >= 0.3 is 0 Å². The summed E-state index contributed by atoms with van der Waals surface area (Å²) < 4.78 is 11.6. The molecule has 2 aromatic carbocycles. The maximum Gasteiger partial charge on any atom is 0.210 e. The second kappa shape index (κ2) is 9.38. The molecule has 140 valence electrons. The van der Waals surface area contributed by atoms with Gasteiger partial charge in [0.05, 0.1) is 30.7 Å². The van der Waals surface area contributed by atoms with Crippen LogP contribution in [0.5, 0.6) is 11.5 Å². The maximum atomic E-state index is 12.4. The second-order valence-corrected chi connectivity index (χ2v) is 7.54. The minimum atomic E-state index is -0.0103. The lowest BCUT2D eigenvalue weighted by Crippen LogP contribution is -2.04. The van der Waals surface area contributed by atoms with Crippen LogP contribution in [0.2, 0.25) is 0 Å². The fourth-order valence-electron chi connectivity index (χ4n) is 2.37. The lowest BCUT2D eigenvalue weighted by molar-refractivity contribution is 0.101. The molecule has 3 aromatic rings. The molecule has 0 aliphatic carbocycles. The molecule has 0 aliphatic rings. The van der Waals surface area contributed by atoms with Gasteiger partial charge < -0.3 is 14.8 Å². The summed E-state index contributed by atoms with van der Waals surface area (Å²) in [6.45, 7) is 2.52. The van der Waals surface area contributed by atoms with E-state index in [1.807, 2.05) is 43.3 Å². The first-order valence-electron chi connectivity index (χ1n) is 8.32. The first-order valence-corrected chi connectivity index (χ1v) is 10.1. The van der Waals surface area contributed by atoms with E-state index in [0.29, 0.717) is 23.1 Å². The standard InChI is InChI=1S/C19H19N3O3S2/c1-3-25-17-11-7-5-9-14(17)20-18-21-22-19(27-18)26-12-15(23)13-8-4-6-10-16(13)24-2/h4-11H,3,12H2,1-2H3,(H,20,21). The summed E-state index contributed by atoms with van der Waals surface area (Å²) in [5.41, 5.74) is 1.40. The van der Waals surface area contributed by atoms with Gasteiger partial charge in [-0.3, -0.25) is 4.79 Å². The topological polar surface area (TPSA) is 73.3 Å². The van der Waals surface area contributed by atoms with Gasteiger partial charge in [0, 0.05) is 0 Å². The number of benzene rings is 2. The number of methoxy groups -OCH3 is 1. The summed E-state index contributed by atoms with van der Waals surface area (Å²) in [6, 6.07) is 14.9. The number of para-hydroxylation sites is 3. The molecule has 27 heavy (non-hydrogen) atoms. The van der Waals surface area contributed by atoms with E-state index in [4.69, 9.17) is 9.47 Å². The Morgan fingerprint density at radius 3 is 2.63 bits per heavy atom. The van der Waals surface area contributed by atoms with Crippen molar-refractivity contribution in [1.82, 2.24) is 10.2 Å². The number of Topliss-reactive ketones (excluding diaryl/α,β-unsaturated/α-hetero) is 1. The van der Waals surface area contributed by atoms with Crippen molar-refractivity contribution < 1.29 is 14.3 Å². The minimum absolute atomic E-state index is 0.0103. The molecule has 0 amide bonds. The molecule has 0 radical (unpaired) electrons. The van der Waals surface area contributed by atoms with Crippen molar-refractivity contribution in [3.8, 4) is 11.5 Å². The summed E-state index contributed by atoms with van der Waals surface area (Å²) in [6.07, 6.45) is 0. The van der Waals surface area contributed by atoms with Gasteiger partial charge in [0.15, 0.2) is 10.1 Å². The van der Waals surface area contributed by atoms with Crippen molar-refractivity contribution in [2.24, 2.45) is 0 Å². The lowest BCUT2D eigenvalue weighted by Gasteiger charge is -2.09. The Kier molecular flexibility index (Phi) is 6.67. The van der Waals surface area contributed by atoms with Crippen LogP contribution < -0.4 is 14.8 Å². The number of anilines is 2. The van der Waals surface area contributed by atoms with Gasteiger partial charge in [-0.15, -0.1) is 10.2 Å². The number of carbonyl (C=O) groups excluding carboxylic acids is 1. The van der Waals surface area contributed by atoms with E-state index in [0.717, 1.165) is 15.8 Å². The quantitative estimate of drug-likeness (QED) is 0.413. The fraction of sp³-hybridized carbons (Fsp3) is 0.211.